The van der Waals surface area contributed by atoms with Gasteiger partial charge in [-0.3, -0.25) is 0 Å². The molecular formula is C18H24NP. The van der Waals surface area contributed by atoms with E-state index in [2.05, 4.69) is 74.1 Å². The van der Waals surface area contributed by atoms with Gasteiger partial charge in [-0.1, -0.05) is 53.3 Å². The van der Waals surface area contributed by atoms with Gasteiger partial charge in [-0.05, 0) is 41.9 Å². The third-order valence-corrected chi connectivity index (χ3v) is 8.09. The lowest BCUT2D eigenvalue weighted by Crippen LogP contribution is -2.33. The van der Waals surface area contributed by atoms with Crippen LogP contribution in [0.2, 0.25) is 0 Å². The highest BCUT2D eigenvalue weighted by atomic mass is 31.1. The van der Waals surface area contributed by atoms with Crippen LogP contribution in [0.1, 0.15) is 40.0 Å². The molecule has 0 bridgehead atoms. The van der Waals surface area contributed by atoms with Crippen LogP contribution in [-0.2, 0) is 0 Å². The zero-order valence-corrected chi connectivity index (χ0v) is 13.6. The molecule has 20 heavy (non-hydrogen) atoms. The van der Waals surface area contributed by atoms with Gasteiger partial charge in [-0.2, -0.15) is 0 Å². The maximum atomic E-state index is 2.47. The second-order valence-electron chi connectivity index (χ2n) is 6.50. The third-order valence-electron chi connectivity index (χ3n) is 4.53. The summed E-state index contributed by atoms with van der Waals surface area (Å²) in [6.07, 6.45) is 8.46. The van der Waals surface area contributed by atoms with E-state index in [1.165, 1.54) is 24.9 Å². The number of hydrogen-bond acceptors (Lipinski definition) is 0. The van der Waals surface area contributed by atoms with Gasteiger partial charge in [0.2, 0.25) is 0 Å². The van der Waals surface area contributed by atoms with E-state index in [9.17, 15) is 0 Å². The molecule has 1 nitrogen and oxygen atoms in total. The number of rotatable bonds is 2. The van der Waals surface area contributed by atoms with Crippen molar-refractivity contribution in [3.63, 3.8) is 0 Å². The Morgan fingerprint density at radius 3 is 2.50 bits per heavy atom. The molecule has 0 N–H and O–H groups in total. The van der Waals surface area contributed by atoms with Gasteiger partial charge in [0, 0.05) is 17.7 Å². The number of benzene rings is 1. The van der Waals surface area contributed by atoms with Crippen molar-refractivity contribution in [2.75, 3.05) is 0 Å². The van der Waals surface area contributed by atoms with E-state index in [1.807, 2.05) is 0 Å². The summed E-state index contributed by atoms with van der Waals surface area (Å²) < 4.78 is 2.27. The minimum absolute atomic E-state index is 0.118. The molecule has 2 heteroatoms. The molecule has 0 saturated carbocycles. The van der Waals surface area contributed by atoms with Crippen LogP contribution in [0.5, 0.6) is 0 Å². The minimum atomic E-state index is -0.118. The van der Waals surface area contributed by atoms with Gasteiger partial charge in [0.05, 0.1) is 5.69 Å². The molecule has 2 aromatic rings. The predicted octanol–water partition coefficient (Wildman–Crippen LogP) is 4.94. The monoisotopic (exact) mass is 285 g/mol. The first kappa shape index (κ1) is 13.9. The van der Waals surface area contributed by atoms with Crippen molar-refractivity contribution in [2.45, 2.75) is 50.8 Å². The topological polar surface area (TPSA) is 4.93 Å². The zero-order valence-electron chi connectivity index (χ0n) is 12.7. The lowest BCUT2D eigenvalue weighted by Gasteiger charge is -2.44. The van der Waals surface area contributed by atoms with E-state index in [1.54, 1.807) is 5.30 Å². The van der Waals surface area contributed by atoms with Crippen LogP contribution in [0, 0.1) is 0 Å². The lowest BCUT2D eigenvalue weighted by molar-refractivity contribution is 0.531. The molecule has 0 spiro atoms. The Morgan fingerprint density at radius 1 is 1.10 bits per heavy atom. The van der Waals surface area contributed by atoms with Crippen molar-refractivity contribution in [1.29, 1.82) is 0 Å². The third kappa shape index (κ3) is 2.44. The standard InChI is InChI=1S/C18H24NP/c1-15-9-8-12-18(2,3)20(15)17-11-5-4-10-16(17)19-13-6-7-14-19/h4-7,10-11,13-15H,8-9,12H2,1-3H3. The Kier molecular flexibility index (Phi) is 3.73. The molecule has 2 atom stereocenters. The van der Waals surface area contributed by atoms with E-state index in [0.717, 1.165) is 5.66 Å². The SMILES string of the molecule is CC1CCCC(C)(C)P1c1ccccc1-n1cccc1. The Hall–Kier alpha value is -1.07. The molecule has 1 saturated heterocycles. The largest absolute Gasteiger partial charge is 0.323 e. The minimum Gasteiger partial charge on any atom is -0.323 e. The van der Waals surface area contributed by atoms with Crippen molar-refractivity contribution in [3.8, 4) is 5.69 Å². The molecule has 2 unspecified atom stereocenters. The molecule has 3 rings (SSSR count). The van der Waals surface area contributed by atoms with Crippen LogP contribution in [0.15, 0.2) is 48.8 Å². The molecule has 2 heterocycles. The van der Waals surface area contributed by atoms with E-state index >= 15 is 0 Å². The van der Waals surface area contributed by atoms with Crippen LogP contribution in [0.25, 0.3) is 5.69 Å². The summed E-state index contributed by atoms with van der Waals surface area (Å²) in [7, 11) is -0.118. The highest BCUT2D eigenvalue weighted by Gasteiger charge is 2.38. The average Bonchev–Trinajstić information content (AvgIpc) is 2.92. The van der Waals surface area contributed by atoms with E-state index < -0.39 is 0 Å². The first-order valence-electron chi connectivity index (χ1n) is 7.61. The van der Waals surface area contributed by atoms with E-state index in [0.29, 0.717) is 5.16 Å². The Balaban J connectivity index is 2.09. The fourth-order valence-electron chi connectivity index (χ4n) is 3.62. The van der Waals surface area contributed by atoms with Gasteiger partial charge in [0.25, 0.3) is 0 Å². The molecule has 1 aromatic carbocycles. The van der Waals surface area contributed by atoms with Gasteiger partial charge >= 0.3 is 0 Å². The quantitative estimate of drug-likeness (QED) is 0.689. The first-order chi connectivity index (χ1) is 9.59. The number of aromatic nitrogens is 1. The molecule has 0 aliphatic carbocycles. The molecule has 106 valence electrons. The van der Waals surface area contributed by atoms with E-state index in [4.69, 9.17) is 0 Å². The van der Waals surface area contributed by atoms with Crippen LogP contribution < -0.4 is 5.30 Å². The first-order valence-corrected chi connectivity index (χ1v) is 9.02. The Morgan fingerprint density at radius 2 is 1.80 bits per heavy atom. The average molecular weight is 285 g/mol. The van der Waals surface area contributed by atoms with Crippen molar-refractivity contribution in [2.24, 2.45) is 0 Å². The van der Waals surface area contributed by atoms with Gasteiger partial charge in [-0.25, -0.2) is 0 Å². The zero-order chi connectivity index (χ0) is 14.2. The van der Waals surface area contributed by atoms with Crippen LogP contribution >= 0.6 is 7.92 Å². The van der Waals surface area contributed by atoms with Crippen LogP contribution in [-0.4, -0.2) is 15.4 Å². The second kappa shape index (κ2) is 5.37. The summed E-state index contributed by atoms with van der Waals surface area (Å²) in [5.74, 6) is 0. The molecule has 0 radical (unpaired) electrons. The van der Waals surface area contributed by atoms with Crippen LogP contribution in [0.3, 0.4) is 0 Å². The van der Waals surface area contributed by atoms with Crippen LogP contribution in [0.4, 0.5) is 0 Å². The summed E-state index contributed by atoms with van der Waals surface area (Å²) in [5.41, 5.74) is 2.20. The lowest BCUT2D eigenvalue weighted by atomic mass is 10.0. The fraction of sp³-hybridized carbons (Fsp3) is 0.444. The maximum absolute atomic E-state index is 2.47. The molecular weight excluding hydrogens is 261 g/mol. The Labute approximate surface area is 123 Å². The van der Waals surface area contributed by atoms with E-state index in [-0.39, 0.29) is 7.92 Å². The highest BCUT2D eigenvalue weighted by molar-refractivity contribution is 7.68. The van der Waals surface area contributed by atoms with Gasteiger partial charge in [-0.15, -0.1) is 0 Å². The van der Waals surface area contributed by atoms with Gasteiger partial charge in [0.15, 0.2) is 0 Å². The van der Waals surface area contributed by atoms with Crippen molar-refractivity contribution in [1.82, 2.24) is 4.57 Å². The van der Waals surface area contributed by atoms with Crippen molar-refractivity contribution < 1.29 is 0 Å². The number of hydrogen-bond donors (Lipinski definition) is 0. The van der Waals surface area contributed by atoms with Crippen molar-refractivity contribution >= 4 is 13.2 Å². The fourth-order valence-corrected chi connectivity index (χ4v) is 7.46. The highest BCUT2D eigenvalue weighted by Crippen LogP contribution is 2.59. The maximum Gasteiger partial charge on any atom is 0.0526 e. The molecule has 1 aliphatic heterocycles. The van der Waals surface area contributed by atoms with Gasteiger partial charge < -0.3 is 4.57 Å². The second-order valence-corrected chi connectivity index (χ2v) is 9.82. The molecule has 1 aliphatic rings. The van der Waals surface area contributed by atoms with Crippen molar-refractivity contribution in [3.05, 3.63) is 48.8 Å². The summed E-state index contributed by atoms with van der Waals surface area (Å²) >= 11 is 0. The summed E-state index contributed by atoms with van der Waals surface area (Å²) in [5, 5.41) is 2.03. The normalized spacial score (nSPS) is 25.6. The summed E-state index contributed by atoms with van der Waals surface area (Å²) in [6.45, 7) is 7.40. The Bertz CT molecular complexity index is 571. The predicted molar refractivity (Wildman–Crippen MR) is 89.7 cm³/mol. The molecule has 1 aromatic heterocycles. The molecule has 0 amide bonds. The molecule has 1 fully saturated rings. The summed E-state index contributed by atoms with van der Waals surface area (Å²) in [4.78, 5) is 0. The van der Waals surface area contributed by atoms with Gasteiger partial charge in [0.1, 0.15) is 0 Å². The smallest absolute Gasteiger partial charge is 0.0526 e. The summed E-state index contributed by atoms with van der Waals surface area (Å²) in [6, 6.07) is 13.2. The number of para-hydroxylation sites is 1. The number of nitrogens with zero attached hydrogens (tertiary/aromatic N) is 1.